The molecule has 2 nitrogen and oxygen atoms in total. The van der Waals surface area contributed by atoms with E-state index in [2.05, 4.69) is 39.3 Å². The quantitative estimate of drug-likeness (QED) is 0.591. The molecular weight excluding hydrogens is 355 g/mol. The fraction of sp³-hybridized carbons (Fsp3) is 0.562. The fourth-order valence-corrected chi connectivity index (χ4v) is 3.99. The summed E-state index contributed by atoms with van der Waals surface area (Å²) in [6.45, 7) is 6.47. The maximum Gasteiger partial charge on any atom is 0.139 e. The van der Waals surface area contributed by atoms with Crippen molar-refractivity contribution in [3.05, 3.63) is 28.2 Å². The van der Waals surface area contributed by atoms with Crippen molar-refractivity contribution in [1.82, 2.24) is 9.55 Å². The molecule has 2 atom stereocenters. The normalized spacial score (nSPS) is 22.9. The van der Waals surface area contributed by atoms with Crippen LogP contribution in [0.25, 0.3) is 11.0 Å². The Morgan fingerprint density at radius 2 is 2.19 bits per heavy atom. The van der Waals surface area contributed by atoms with Gasteiger partial charge >= 0.3 is 0 Å². The highest BCUT2D eigenvalue weighted by molar-refractivity contribution is 9.10. The number of hydrogen-bond acceptors (Lipinski definition) is 1. The predicted molar refractivity (Wildman–Crippen MR) is 88.3 cm³/mol. The van der Waals surface area contributed by atoms with E-state index in [4.69, 9.17) is 11.6 Å². The molecule has 1 aromatic heterocycles. The zero-order valence-corrected chi connectivity index (χ0v) is 14.8. The lowest BCUT2D eigenvalue weighted by Gasteiger charge is -2.30. The van der Waals surface area contributed by atoms with Gasteiger partial charge in [0.1, 0.15) is 11.6 Å². The van der Waals surface area contributed by atoms with Gasteiger partial charge in [-0.25, -0.2) is 9.37 Å². The van der Waals surface area contributed by atoms with Gasteiger partial charge in [-0.1, -0.05) is 20.3 Å². The topological polar surface area (TPSA) is 17.8 Å². The van der Waals surface area contributed by atoms with Gasteiger partial charge in [-0.15, -0.1) is 11.6 Å². The first-order valence-corrected chi connectivity index (χ1v) is 8.55. The molecule has 0 saturated heterocycles. The van der Waals surface area contributed by atoms with Crippen molar-refractivity contribution in [1.29, 1.82) is 0 Å². The van der Waals surface area contributed by atoms with Crippen LogP contribution in [0.2, 0.25) is 0 Å². The highest BCUT2D eigenvalue weighted by atomic mass is 79.9. The smallest absolute Gasteiger partial charge is 0.139 e. The van der Waals surface area contributed by atoms with Crippen molar-refractivity contribution in [3.8, 4) is 0 Å². The second-order valence-electron chi connectivity index (χ2n) is 6.61. The Balaban J connectivity index is 2.28. The van der Waals surface area contributed by atoms with Gasteiger partial charge in [0.05, 0.1) is 20.9 Å². The largest absolute Gasteiger partial charge is 0.323 e. The Bertz CT molecular complexity index is 693. The Kier molecular flexibility index (Phi) is 3.81. The molecule has 0 radical (unpaired) electrons. The number of rotatable bonds is 2. The second-order valence-corrected chi connectivity index (χ2v) is 8.12. The molecule has 1 fully saturated rings. The molecule has 1 aliphatic carbocycles. The van der Waals surface area contributed by atoms with Gasteiger partial charge in [0, 0.05) is 12.1 Å². The minimum absolute atomic E-state index is 0.178. The van der Waals surface area contributed by atoms with Crippen LogP contribution < -0.4 is 0 Å². The van der Waals surface area contributed by atoms with Gasteiger partial charge in [-0.2, -0.15) is 0 Å². The maximum atomic E-state index is 14.0. The Labute approximate surface area is 137 Å². The van der Waals surface area contributed by atoms with Crippen LogP contribution in [0.4, 0.5) is 4.39 Å². The number of alkyl halides is 1. The molecule has 1 aliphatic rings. The van der Waals surface area contributed by atoms with Gasteiger partial charge in [0.15, 0.2) is 0 Å². The summed E-state index contributed by atoms with van der Waals surface area (Å²) in [5, 5.41) is -0.198. The summed E-state index contributed by atoms with van der Waals surface area (Å²) in [6.07, 6.45) is 3.45. The lowest BCUT2D eigenvalue weighted by atomic mass is 9.87. The number of benzene rings is 1. The molecule has 0 aliphatic heterocycles. The lowest BCUT2D eigenvalue weighted by molar-refractivity contribution is 0.260. The minimum atomic E-state index is -0.256. The summed E-state index contributed by atoms with van der Waals surface area (Å²) in [5.41, 5.74) is 1.82. The van der Waals surface area contributed by atoms with E-state index in [0.29, 0.717) is 10.5 Å². The van der Waals surface area contributed by atoms with Crippen molar-refractivity contribution in [2.45, 2.75) is 51.5 Å². The average Bonchev–Trinajstić information content (AvgIpc) is 2.90. The molecule has 0 N–H and O–H groups in total. The van der Waals surface area contributed by atoms with E-state index in [1.165, 1.54) is 12.8 Å². The van der Waals surface area contributed by atoms with E-state index in [1.807, 2.05) is 6.92 Å². The average molecular weight is 374 g/mol. The van der Waals surface area contributed by atoms with Crippen molar-refractivity contribution in [2.75, 3.05) is 0 Å². The number of nitrogens with zero attached hydrogens (tertiary/aromatic N) is 2. The van der Waals surface area contributed by atoms with Crippen LogP contribution in [0.3, 0.4) is 0 Å². The molecule has 0 spiro atoms. The maximum absolute atomic E-state index is 14.0. The highest BCUT2D eigenvalue weighted by Gasteiger charge is 2.38. The molecule has 5 heteroatoms. The fourth-order valence-electron chi connectivity index (χ4n) is 3.50. The summed E-state index contributed by atoms with van der Waals surface area (Å²) in [5.74, 6) is 0.581. The number of imidazole rings is 1. The van der Waals surface area contributed by atoms with Gasteiger partial charge in [-0.05, 0) is 47.2 Å². The molecule has 1 aromatic carbocycles. The SMILES string of the molecule is CC(Cl)c1nc2cc(Br)c(F)cc2n1C1CCCC1(C)C. The number of aromatic nitrogens is 2. The molecule has 114 valence electrons. The third-order valence-corrected chi connectivity index (χ3v) is 5.43. The van der Waals surface area contributed by atoms with E-state index in [-0.39, 0.29) is 16.6 Å². The monoisotopic (exact) mass is 372 g/mol. The summed E-state index contributed by atoms with van der Waals surface area (Å²) < 4.78 is 16.6. The van der Waals surface area contributed by atoms with E-state index >= 15 is 0 Å². The number of hydrogen-bond donors (Lipinski definition) is 0. The molecule has 1 saturated carbocycles. The van der Waals surface area contributed by atoms with E-state index in [0.717, 1.165) is 23.3 Å². The molecule has 21 heavy (non-hydrogen) atoms. The van der Waals surface area contributed by atoms with Crippen molar-refractivity contribution < 1.29 is 4.39 Å². The van der Waals surface area contributed by atoms with Gasteiger partial charge in [-0.3, -0.25) is 0 Å². The van der Waals surface area contributed by atoms with Crippen LogP contribution in [0.1, 0.15) is 57.3 Å². The highest BCUT2D eigenvalue weighted by Crippen LogP contribution is 2.48. The van der Waals surface area contributed by atoms with E-state index in [1.54, 1.807) is 12.1 Å². The first kappa shape index (κ1) is 15.3. The van der Waals surface area contributed by atoms with Crippen LogP contribution in [0.15, 0.2) is 16.6 Å². The lowest BCUT2D eigenvalue weighted by Crippen LogP contribution is -2.23. The van der Waals surface area contributed by atoms with Crippen molar-refractivity contribution >= 4 is 38.6 Å². The van der Waals surface area contributed by atoms with Crippen LogP contribution in [-0.2, 0) is 0 Å². The number of fused-ring (bicyclic) bond motifs is 1. The van der Waals surface area contributed by atoms with Crippen LogP contribution in [0.5, 0.6) is 0 Å². The summed E-state index contributed by atoms with van der Waals surface area (Å²) >= 11 is 9.58. The Hall–Kier alpha value is -0.610. The Morgan fingerprint density at radius 3 is 2.76 bits per heavy atom. The van der Waals surface area contributed by atoms with Crippen LogP contribution in [-0.4, -0.2) is 9.55 Å². The summed E-state index contributed by atoms with van der Waals surface area (Å²) in [4.78, 5) is 4.66. The first-order chi connectivity index (χ1) is 9.81. The summed E-state index contributed by atoms with van der Waals surface area (Å²) in [6, 6.07) is 3.63. The van der Waals surface area contributed by atoms with Crippen molar-refractivity contribution in [3.63, 3.8) is 0 Å². The minimum Gasteiger partial charge on any atom is -0.323 e. The van der Waals surface area contributed by atoms with Crippen molar-refractivity contribution in [2.24, 2.45) is 5.41 Å². The Morgan fingerprint density at radius 1 is 1.48 bits per heavy atom. The van der Waals surface area contributed by atoms with Crippen LogP contribution in [0, 0.1) is 11.2 Å². The molecule has 2 unspecified atom stereocenters. The van der Waals surface area contributed by atoms with Gasteiger partial charge < -0.3 is 4.57 Å². The molecule has 1 heterocycles. The van der Waals surface area contributed by atoms with Gasteiger partial charge in [0.25, 0.3) is 0 Å². The van der Waals surface area contributed by atoms with E-state index in [9.17, 15) is 4.39 Å². The zero-order chi connectivity index (χ0) is 15.4. The predicted octanol–water partition coefficient (Wildman–Crippen LogP) is 5.99. The van der Waals surface area contributed by atoms with Gasteiger partial charge in [0.2, 0.25) is 0 Å². The molecule has 0 amide bonds. The zero-order valence-electron chi connectivity index (χ0n) is 12.5. The summed E-state index contributed by atoms with van der Waals surface area (Å²) in [7, 11) is 0. The van der Waals surface area contributed by atoms with E-state index < -0.39 is 0 Å². The van der Waals surface area contributed by atoms with Crippen LogP contribution >= 0.6 is 27.5 Å². The number of halogens is 3. The third-order valence-electron chi connectivity index (χ3n) is 4.63. The first-order valence-electron chi connectivity index (χ1n) is 7.32. The molecule has 2 aromatic rings. The standard InChI is InChI=1S/C16H19BrClFN2/c1-9(18)15-20-12-7-10(17)11(19)8-13(12)21(15)14-5-4-6-16(14,2)3/h7-9,14H,4-6H2,1-3H3. The molecule has 3 rings (SSSR count). The third kappa shape index (κ3) is 2.50. The molecule has 0 bridgehead atoms. The molecular formula is C16H19BrClFN2. The second kappa shape index (κ2) is 5.24.